The monoisotopic (exact) mass is 295 g/mol. The molecule has 1 fully saturated rings. The van der Waals surface area contributed by atoms with Crippen LogP contribution in [0.3, 0.4) is 0 Å². The summed E-state index contributed by atoms with van der Waals surface area (Å²) in [4.78, 5) is 11.5. The topological polar surface area (TPSA) is 67.2 Å². The summed E-state index contributed by atoms with van der Waals surface area (Å²) in [6.45, 7) is 6.33. The molecule has 1 amide bonds. The van der Waals surface area contributed by atoms with E-state index in [0.29, 0.717) is 16.6 Å². The average Bonchev–Trinajstić information content (AvgIpc) is 2.38. The summed E-state index contributed by atoms with van der Waals surface area (Å²) in [5, 5.41) is 7.37. The number of benzene rings is 1. The number of carbonyl (C=O) groups excluding carboxylic acids is 1. The van der Waals surface area contributed by atoms with Crippen molar-refractivity contribution in [2.24, 2.45) is 11.1 Å². The maximum Gasteiger partial charge on any atom is 0.250 e. The number of rotatable bonds is 4. The Bertz CT molecular complexity index is 502. The molecule has 1 aliphatic heterocycles. The van der Waals surface area contributed by atoms with E-state index >= 15 is 0 Å². The minimum Gasteiger partial charge on any atom is -0.383 e. The zero-order valence-corrected chi connectivity index (χ0v) is 12.8. The van der Waals surface area contributed by atoms with Crippen molar-refractivity contribution < 1.29 is 4.79 Å². The summed E-state index contributed by atoms with van der Waals surface area (Å²) < 4.78 is 0. The van der Waals surface area contributed by atoms with E-state index in [-0.39, 0.29) is 5.41 Å². The highest BCUT2D eigenvalue weighted by molar-refractivity contribution is 6.31. The molecule has 1 aromatic rings. The minimum atomic E-state index is -0.467. The number of anilines is 1. The van der Waals surface area contributed by atoms with E-state index in [1.54, 1.807) is 18.2 Å². The lowest BCUT2D eigenvalue weighted by molar-refractivity contribution is 0.100. The molecule has 110 valence electrons. The van der Waals surface area contributed by atoms with Crippen LogP contribution in [0.5, 0.6) is 0 Å². The molecule has 4 nitrogen and oxygen atoms in total. The van der Waals surface area contributed by atoms with Crippen molar-refractivity contribution in [3.8, 4) is 0 Å². The largest absolute Gasteiger partial charge is 0.383 e. The number of nitrogens with one attached hydrogen (secondary N) is 2. The van der Waals surface area contributed by atoms with Crippen molar-refractivity contribution in [1.82, 2.24) is 5.32 Å². The van der Waals surface area contributed by atoms with E-state index in [4.69, 9.17) is 17.3 Å². The molecule has 0 aromatic heterocycles. The van der Waals surface area contributed by atoms with Gasteiger partial charge in [-0.15, -0.1) is 0 Å². The van der Waals surface area contributed by atoms with Crippen LogP contribution in [0.4, 0.5) is 5.69 Å². The van der Waals surface area contributed by atoms with E-state index in [0.717, 1.165) is 18.8 Å². The average molecular weight is 296 g/mol. The van der Waals surface area contributed by atoms with Gasteiger partial charge in [-0.3, -0.25) is 4.79 Å². The second-order valence-electron chi connectivity index (χ2n) is 6.03. The Morgan fingerprint density at radius 1 is 1.55 bits per heavy atom. The summed E-state index contributed by atoms with van der Waals surface area (Å²) >= 11 is 5.91. The molecule has 20 heavy (non-hydrogen) atoms. The zero-order chi connectivity index (χ0) is 14.8. The highest BCUT2D eigenvalue weighted by atomic mass is 35.5. The fraction of sp³-hybridized carbons (Fsp3) is 0.533. The number of primary amides is 1. The number of piperidine rings is 1. The van der Waals surface area contributed by atoms with Crippen LogP contribution in [0.25, 0.3) is 0 Å². The van der Waals surface area contributed by atoms with Crippen LogP contribution in [0.15, 0.2) is 18.2 Å². The molecule has 1 aliphatic rings. The number of carbonyl (C=O) groups is 1. The van der Waals surface area contributed by atoms with Gasteiger partial charge in [-0.05, 0) is 43.0 Å². The van der Waals surface area contributed by atoms with Crippen LogP contribution in [-0.4, -0.2) is 25.0 Å². The molecule has 1 aromatic carbocycles. The van der Waals surface area contributed by atoms with E-state index in [2.05, 4.69) is 24.5 Å². The molecule has 1 saturated heterocycles. The quantitative estimate of drug-likeness (QED) is 0.800. The molecular weight excluding hydrogens is 274 g/mol. The van der Waals surface area contributed by atoms with Crippen LogP contribution < -0.4 is 16.4 Å². The van der Waals surface area contributed by atoms with Crippen molar-refractivity contribution in [3.05, 3.63) is 28.8 Å². The molecule has 0 radical (unpaired) electrons. The third-order valence-electron chi connectivity index (χ3n) is 4.08. The lowest BCUT2D eigenvalue weighted by atomic mass is 9.77. The van der Waals surface area contributed by atoms with Gasteiger partial charge in [-0.1, -0.05) is 25.4 Å². The van der Waals surface area contributed by atoms with Crippen molar-refractivity contribution >= 4 is 23.2 Å². The van der Waals surface area contributed by atoms with E-state index in [1.165, 1.54) is 12.8 Å². The number of hydrogen-bond acceptors (Lipinski definition) is 3. The molecule has 1 atom stereocenters. The Labute approximate surface area is 125 Å². The summed E-state index contributed by atoms with van der Waals surface area (Å²) in [6.07, 6.45) is 2.41. The van der Waals surface area contributed by atoms with E-state index < -0.39 is 5.91 Å². The Morgan fingerprint density at radius 3 is 2.95 bits per heavy atom. The fourth-order valence-corrected chi connectivity index (χ4v) is 2.88. The Kier molecular flexibility index (Phi) is 4.55. The molecule has 1 heterocycles. The van der Waals surface area contributed by atoms with Crippen molar-refractivity contribution in [2.75, 3.05) is 18.4 Å². The molecule has 1 unspecified atom stereocenters. The van der Waals surface area contributed by atoms with E-state index in [1.807, 2.05) is 0 Å². The first-order valence-corrected chi connectivity index (χ1v) is 7.34. The number of nitrogens with two attached hydrogens (primary N) is 1. The van der Waals surface area contributed by atoms with Crippen LogP contribution >= 0.6 is 11.6 Å². The Morgan fingerprint density at radius 2 is 2.30 bits per heavy atom. The van der Waals surface area contributed by atoms with Gasteiger partial charge in [0.2, 0.25) is 0 Å². The van der Waals surface area contributed by atoms with Crippen molar-refractivity contribution in [2.45, 2.75) is 32.7 Å². The molecule has 5 heteroatoms. The molecule has 0 bridgehead atoms. The normalized spacial score (nSPS) is 21.4. The predicted octanol–water partition coefficient (Wildman–Crippen LogP) is 2.63. The smallest absolute Gasteiger partial charge is 0.250 e. The molecule has 0 saturated carbocycles. The first-order valence-electron chi connectivity index (χ1n) is 6.97. The summed E-state index contributed by atoms with van der Waals surface area (Å²) in [5.74, 6) is -0.467. The fourth-order valence-electron chi connectivity index (χ4n) is 2.71. The van der Waals surface area contributed by atoms with Gasteiger partial charge in [0, 0.05) is 23.3 Å². The summed E-state index contributed by atoms with van der Waals surface area (Å²) in [5.41, 5.74) is 6.81. The van der Waals surface area contributed by atoms with Gasteiger partial charge in [0.25, 0.3) is 5.91 Å². The van der Waals surface area contributed by atoms with Gasteiger partial charge in [-0.25, -0.2) is 0 Å². The maximum atomic E-state index is 11.5. The van der Waals surface area contributed by atoms with Crippen molar-refractivity contribution in [1.29, 1.82) is 0 Å². The highest BCUT2D eigenvalue weighted by Gasteiger charge is 2.31. The van der Waals surface area contributed by atoms with Gasteiger partial charge in [0.1, 0.15) is 0 Å². The molecular formula is C15H22ClN3O. The first kappa shape index (κ1) is 15.1. The maximum absolute atomic E-state index is 11.5. The lowest BCUT2D eigenvalue weighted by Gasteiger charge is -2.39. The van der Waals surface area contributed by atoms with Gasteiger partial charge >= 0.3 is 0 Å². The summed E-state index contributed by atoms with van der Waals surface area (Å²) in [6, 6.07) is 5.53. The van der Waals surface area contributed by atoms with Crippen LogP contribution in [0.1, 0.15) is 37.0 Å². The zero-order valence-electron chi connectivity index (χ0n) is 12.0. The number of hydrogen-bond donors (Lipinski definition) is 3. The first-order chi connectivity index (χ1) is 9.40. The summed E-state index contributed by atoms with van der Waals surface area (Å²) in [7, 11) is 0. The standard InChI is InChI=1S/C15H22ClN3O/c1-15(2)6-3-7-18-13(15)9-19-12-5-4-10(16)8-11(12)14(17)20/h4-5,8,13,18-19H,3,6-7,9H2,1-2H3,(H2,17,20). The molecule has 2 rings (SSSR count). The van der Waals surface area contributed by atoms with Gasteiger partial charge in [-0.2, -0.15) is 0 Å². The third kappa shape index (κ3) is 3.44. The highest BCUT2D eigenvalue weighted by Crippen LogP contribution is 2.30. The van der Waals surface area contributed by atoms with Gasteiger partial charge in [0.05, 0.1) is 5.56 Å². The number of halogens is 1. The number of amides is 1. The lowest BCUT2D eigenvalue weighted by Crippen LogP contribution is -2.50. The second-order valence-corrected chi connectivity index (χ2v) is 6.47. The van der Waals surface area contributed by atoms with Crippen LogP contribution in [0.2, 0.25) is 5.02 Å². The minimum absolute atomic E-state index is 0.241. The Balaban J connectivity index is 2.09. The van der Waals surface area contributed by atoms with Gasteiger partial charge in [0.15, 0.2) is 0 Å². The predicted molar refractivity (Wildman–Crippen MR) is 83.3 cm³/mol. The molecule has 0 aliphatic carbocycles. The second kappa shape index (κ2) is 6.02. The van der Waals surface area contributed by atoms with Gasteiger partial charge < -0.3 is 16.4 Å². The SMILES string of the molecule is CC1(C)CCCNC1CNc1ccc(Cl)cc1C(N)=O. The Hall–Kier alpha value is -1.26. The molecule has 0 spiro atoms. The third-order valence-corrected chi connectivity index (χ3v) is 4.31. The van der Waals surface area contributed by atoms with Crippen molar-refractivity contribution in [3.63, 3.8) is 0 Å². The van der Waals surface area contributed by atoms with Crippen LogP contribution in [0, 0.1) is 5.41 Å². The van der Waals surface area contributed by atoms with E-state index in [9.17, 15) is 4.79 Å². The molecule has 4 N–H and O–H groups in total. The van der Waals surface area contributed by atoms with Crippen LogP contribution in [-0.2, 0) is 0 Å².